The molecule has 0 fully saturated rings. The molecular weight excluding hydrogens is 681 g/mol. The number of hydrogen-bond donors (Lipinski definition) is 0. The first-order valence-corrected chi connectivity index (χ1v) is 18.8. The first-order chi connectivity index (χ1) is 27.7. The lowest BCUT2D eigenvalue weighted by Gasteiger charge is -2.11. The third-order valence-corrected chi connectivity index (χ3v) is 10.3. The summed E-state index contributed by atoms with van der Waals surface area (Å²) in [6, 6.07) is 71.8. The average molecular weight is 715 g/mol. The molecule has 4 nitrogen and oxygen atoms in total. The van der Waals surface area contributed by atoms with Crippen LogP contribution in [-0.2, 0) is 0 Å². The monoisotopic (exact) mass is 714 g/mol. The van der Waals surface area contributed by atoms with Crippen LogP contribution in [0.5, 0.6) is 0 Å². The maximum absolute atomic E-state index is 5.12. The van der Waals surface area contributed by atoms with Crippen LogP contribution in [0.1, 0.15) is 0 Å². The minimum atomic E-state index is 0.631. The third-order valence-electron chi connectivity index (χ3n) is 10.3. The molecule has 262 valence electrons. The Labute approximate surface area is 325 Å². The Hall–Kier alpha value is -7.56. The van der Waals surface area contributed by atoms with Crippen molar-refractivity contribution in [1.29, 1.82) is 0 Å². The highest BCUT2D eigenvalue weighted by molar-refractivity contribution is 5.88. The summed E-state index contributed by atoms with van der Waals surface area (Å²) in [6.45, 7) is 0. The van der Waals surface area contributed by atoms with E-state index in [1.54, 1.807) is 0 Å². The predicted octanol–water partition coefficient (Wildman–Crippen LogP) is 13.2. The van der Waals surface area contributed by atoms with Gasteiger partial charge in [-0.1, -0.05) is 182 Å². The van der Waals surface area contributed by atoms with Crippen molar-refractivity contribution in [3.8, 4) is 78.9 Å². The zero-order chi connectivity index (χ0) is 37.3. The summed E-state index contributed by atoms with van der Waals surface area (Å²) >= 11 is 0. The lowest BCUT2D eigenvalue weighted by Crippen LogP contribution is -2.00. The van der Waals surface area contributed by atoms with Gasteiger partial charge in [0.2, 0.25) is 0 Å². The van der Waals surface area contributed by atoms with Crippen molar-refractivity contribution in [3.05, 3.63) is 206 Å². The molecule has 0 radical (unpaired) electrons. The normalized spacial score (nSPS) is 11.2. The van der Waals surface area contributed by atoms with Gasteiger partial charge >= 0.3 is 0 Å². The second kappa shape index (κ2) is 14.3. The van der Waals surface area contributed by atoms with E-state index in [4.69, 9.17) is 19.9 Å². The highest BCUT2D eigenvalue weighted by Crippen LogP contribution is 2.33. The molecule has 56 heavy (non-hydrogen) atoms. The van der Waals surface area contributed by atoms with Crippen LogP contribution >= 0.6 is 0 Å². The Morgan fingerprint density at radius 3 is 1.04 bits per heavy atom. The highest BCUT2D eigenvalue weighted by atomic mass is 15.0. The average Bonchev–Trinajstić information content (AvgIpc) is 3.29. The van der Waals surface area contributed by atoms with Crippen LogP contribution < -0.4 is 0 Å². The molecule has 4 heteroatoms. The topological polar surface area (TPSA) is 51.6 Å². The first-order valence-electron chi connectivity index (χ1n) is 18.8. The summed E-state index contributed by atoms with van der Waals surface area (Å²) in [6.07, 6.45) is 0. The van der Waals surface area contributed by atoms with Crippen LogP contribution in [-0.4, -0.2) is 19.9 Å². The van der Waals surface area contributed by atoms with Gasteiger partial charge in [0.15, 0.2) is 17.5 Å². The van der Waals surface area contributed by atoms with Gasteiger partial charge in [-0.15, -0.1) is 0 Å². The van der Waals surface area contributed by atoms with Gasteiger partial charge in [0.25, 0.3) is 0 Å². The Balaban J connectivity index is 0.994. The van der Waals surface area contributed by atoms with E-state index in [1.165, 1.54) is 10.8 Å². The van der Waals surface area contributed by atoms with Gasteiger partial charge in [-0.3, -0.25) is 0 Å². The zero-order valence-corrected chi connectivity index (χ0v) is 30.4. The quantitative estimate of drug-likeness (QED) is 0.165. The smallest absolute Gasteiger partial charge is 0.164 e. The molecule has 10 rings (SSSR count). The molecule has 0 N–H and O–H groups in total. The summed E-state index contributed by atoms with van der Waals surface area (Å²) in [5.41, 5.74) is 11.4. The molecule has 0 saturated heterocycles. The summed E-state index contributed by atoms with van der Waals surface area (Å²) in [5.74, 6) is 1.92. The molecule has 0 aliphatic rings. The Kier molecular flexibility index (Phi) is 8.47. The molecule has 0 atom stereocenters. The van der Waals surface area contributed by atoms with E-state index in [9.17, 15) is 0 Å². The van der Waals surface area contributed by atoms with Gasteiger partial charge in [0, 0.05) is 27.8 Å². The third kappa shape index (κ3) is 6.61. The first kappa shape index (κ1) is 33.0. The fourth-order valence-electron chi connectivity index (χ4n) is 7.30. The van der Waals surface area contributed by atoms with E-state index < -0.39 is 0 Å². The number of nitrogens with zero attached hydrogens (tertiary/aromatic N) is 4. The molecule has 0 bridgehead atoms. The zero-order valence-electron chi connectivity index (χ0n) is 30.4. The van der Waals surface area contributed by atoms with Crippen molar-refractivity contribution < 1.29 is 0 Å². The Bertz CT molecular complexity index is 2840. The molecule has 0 unspecified atom stereocenters. The Morgan fingerprint density at radius 1 is 0.196 bits per heavy atom. The van der Waals surface area contributed by atoms with Crippen molar-refractivity contribution >= 4 is 21.5 Å². The number of hydrogen-bond acceptors (Lipinski definition) is 4. The number of rotatable bonds is 7. The summed E-state index contributed by atoms with van der Waals surface area (Å²) in [7, 11) is 0. The molecule has 0 aliphatic heterocycles. The molecule has 0 spiro atoms. The van der Waals surface area contributed by atoms with E-state index in [1.807, 2.05) is 12.1 Å². The van der Waals surface area contributed by atoms with Gasteiger partial charge < -0.3 is 0 Å². The van der Waals surface area contributed by atoms with E-state index in [-0.39, 0.29) is 0 Å². The summed E-state index contributed by atoms with van der Waals surface area (Å²) < 4.78 is 0. The molecule has 2 heterocycles. The van der Waals surface area contributed by atoms with E-state index in [0.29, 0.717) is 17.5 Å². The predicted molar refractivity (Wildman–Crippen MR) is 231 cm³/mol. The van der Waals surface area contributed by atoms with Crippen LogP contribution in [0.15, 0.2) is 206 Å². The van der Waals surface area contributed by atoms with Crippen LogP contribution in [0.3, 0.4) is 0 Å². The summed E-state index contributed by atoms with van der Waals surface area (Å²) in [5, 5.41) is 4.65. The maximum Gasteiger partial charge on any atom is 0.164 e. The molecular formula is C52H34N4. The van der Waals surface area contributed by atoms with E-state index in [0.717, 1.165) is 72.2 Å². The van der Waals surface area contributed by atoms with Gasteiger partial charge in [-0.25, -0.2) is 19.9 Å². The SMILES string of the molecule is c1ccc(-c2cc(-c3ccccc3)nc(-c3ccc(-c4ccc(-c5nc(-c6ccc7ccccc7c6)nc(-c6ccc7ccccc7c6)n5)cc4)cc3)c2)cc1. The second-order valence-electron chi connectivity index (χ2n) is 13.9. The molecule has 8 aromatic carbocycles. The Morgan fingerprint density at radius 2 is 0.536 bits per heavy atom. The second-order valence-corrected chi connectivity index (χ2v) is 13.9. The summed E-state index contributed by atoms with van der Waals surface area (Å²) in [4.78, 5) is 20.2. The maximum atomic E-state index is 5.12. The lowest BCUT2D eigenvalue weighted by molar-refractivity contribution is 1.08. The number of pyridine rings is 1. The molecule has 0 amide bonds. The van der Waals surface area contributed by atoms with Crippen LogP contribution in [0.25, 0.3) is 100 Å². The van der Waals surface area contributed by atoms with Crippen LogP contribution in [0.4, 0.5) is 0 Å². The number of fused-ring (bicyclic) bond motifs is 2. The van der Waals surface area contributed by atoms with Gasteiger partial charge in [0.1, 0.15) is 0 Å². The standard InChI is InChI=1S/C52H34N4/c1-3-11-35(12-4-1)47-33-48(40-15-5-2-6-16-40)53-49(34-47)41-25-19-38(20-26-41)39-21-27-42(28-22-39)50-54-51(45-29-23-36-13-7-9-17-43(36)31-45)56-52(55-50)46-30-24-37-14-8-10-18-44(37)32-46/h1-34H. The number of aromatic nitrogens is 4. The molecule has 0 saturated carbocycles. The molecule has 10 aromatic rings. The van der Waals surface area contributed by atoms with Gasteiger partial charge in [0.05, 0.1) is 11.4 Å². The van der Waals surface area contributed by atoms with Crippen LogP contribution in [0, 0.1) is 0 Å². The minimum absolute atomic E-state index is 0.631. The van der Waals surface area contributed by atoms with Gasteiger partial charge in [-0.2, -0.15) is 0 Å². The van der Waals surface area contributed by atoms with Crippen molar-refractivity contribution in [2.24, 2.45) is 0 Å². The lowest BCUT2D eigenvalue weighted by atomic mass is 9.98. The van der Waals surface area contributed by atoms with E-state index in [2.05, 4.69) is 194 Å². The van der Waals surface area contributed by atoms with Crippen LogP contribution in [0.2, 0.25) is 0 Å². The largest absolute Gasteiger partial charge is 0.248 e. The van der Waals surface area contributed by atoms with Crippen molar-refractivity contribution in [2.45, 2.75) is 0 Å². The van der Waals surface area contributed by atoms with Gasteiger partial charge in [-0.05, 0) is 68.1 Å². The van der Waals surface area contributed by atoms with Crippen molar-refractivity contribution in [3.63, 3.8) is 0 Å². The minimum Gasteiger partial charge on any atom is -0.248 e. The molecule has 0 aliphatic carbocycles. The van der Waals surface area contributed by atoms with Crippen molar-refractivity contribution in [1.82, 2.24) is 19.9 Å². The van der Waals surface area contributed by atoms with Crippen molar-refractivity contribution in [2.75, 3.05) is 0 Å². The fourth-order valence-corrected chi connectivity index (χ4v) is 7.30. The number of benzene rings is 8. The fraction of sp³-hybridized carbons (Fsp3) is 0. The van der Waals surface area contributed by atoms with E-state index >= 15 is 0 Å². The highest BCUT2D eigenvalue weighted by Gasteiger charge is 2.14. The molecule has 2 aromatic heterocycles.